The molecule has 5 nitrogen and oxygen atoms in total. The van der Waals surface area contributed by atoms with E-state index in [1.54, 1.807) is 30.3 Å². The molecule has 0 saturated carbocycles. The van der Waals surface area contributed by atoms with Gasteiger partial charge in [-0.15, -0.1) is 0 Å². The molecule has 0 spiro atoms. The van der Waals surface area contributed by atoms with Crippen molar-refractivity contribution >= 4 is 17.6 Å². The first-order chi connectivity index (χ1) is 10.1. The van der Waals surface area contributed by atoms with Crippen molar-refractivity contribution in [2.75, 3.05) is 11.4 Å². The lowest BCUT2D eigenvalue weighted by molar-refractivity contribution is -0.136. The summed E-state index contributed by atoms with van der Waals surface area (Å²) in [5.74, 6) is -2.10. The molecule has 0 aliphatic carbocycles. The van der Waals surface area contributed by atoms with E-state index in [-0.39, 0.29) is 18.5 Å². The Hall–Kier alpha value is -2.76. The van der Waals surface area contributed by atoms with Gasteiger partial charge in [0, 0.05) is 18.4 Å². The van der Waals surface area contributed by atoms with Gasteiger partial charge >= 0.3 is 5.97 Å². The highest BCUT2D eigenvalue weighted by Gasteiger charge is 2.18. The number of carboxylic acid groups (broad SMARTS) is 1. The topological polar surface area (TPSA) is 70.5 Å². The van der Waals surface area contributed by atoms with E-state index in [0.717, 1.165) is 12.3 Å². The summed E-state index contributed by atoms with van der Waals surface area (Å²) in [6, 6.07) is 11.1. The van der Waals surface area contributed by atoms with Crippen LogP contribution in [0, 0.1) is 5.95 Å². The fourth-order valence-electron chi connectivity index (χ4n) is 1.82. The van der Waals surface area contributed by atoms with Gasteiger partial charge in [0.15, 0.2) is 0 Å². The predicted octanol–water partition coefficient (Wildman–Crippen LogP) is 2.34. The molecule has 1 N–H and O–H groups in total. The number of benzene rings is 1. The number of hydrogen-bond donors (Lipinski definition) is 1. The third-order valence-electron chi connectivity index (χ3n) is 2.84. The largest absolute Gasteiger partial charge is 0.481 e. The van der Waals surface area contributed by atoms with Gasteiger partial charge < -0.3 is 10.0 Å². The molecular formula is C15H13FN2O3. The van der Waals surface area contributed by atoms with Crippen molar-refractivity contribution in [3.8, 4) is 0 Å². The number of nitrogens with zero attached hydrogens (tertiary/aromatic N) is 2. The number of carbonyl (C=O) groups is 2. The van der Waals surface area contributed by atoms with E-state index in [9.17, 15) is 14.0 Å². The van der Waals surface area contributed by atoms with Crippen molar-refractivity contribution in [1.82, 2.24) is 4.98 Å². The molecule has 2 rings (SSSR count). The minimum Gasteiger partial charge on any atom is -0.481 e. The molecule has 1 aromatic carbocycles. The van der Waals surface area contributed by atoms with Gasteiger partial charge in [-0.2, -0.15) is 4.39 Å². The van der Waals surface area contributed by atoms with Gasteiger partial charge in [0.05, 0.1) is 12.0 Å². The SMILES string of the molecule is O=C(O)CCN(C(=O)c1ccc(F)nc1)c1ccccc1. The van der Waals surface area contributed by atoms with E-state index in [1.807, 2.05) is 0 Å². The second kappa shape index (κ2) is 6.60. The van der Waals surface area contributed by atoms with Crippen molar-refractivity contribution in [2.45, 2.75) is 6.42 Å². The average molecular weight is 288 g/mol. The van der Waals surface area contributed by atoms with E-state index < -0.39 is 17.8 Å². The number of para-hydroxylation sites is 1. The summed E-state index contributed by atoms with van der Waals surface area (Å²) < 4.78 is 12.8. The summed E-state index contributed by atoms with van der Waals surface area (Å²) in [4.78, 5) is 28.0. The second-order valence-electron chi connectivity index (χ2n) is 4.31. The van der Waals surface area contributed by atoms with Gasteiger partial charge in [0.2, 0.25) is 5.95 Å². The lowest BCUT2D eigenvalue weighted by Gasteiger charge is -2.22. The van der Waals surface area contributed by atoms with Crippen LogP contribution in [0.25, 0.3) is 0 Å². The standard InChI is InChI=1S/C15H13FN2O3/c16-13-7-6-11(10-17-13)15(21)18(9-8-14(19)20)12-4-2-1-3-5-12/h1-7,10H,8-9H2,(H,19,20). The van der Waals surface area contributed by atoms with Gasteiger partial charge in [0.25, 0.3) is 5.91 Å². The molecule has 2 aromatic rings. The van der Waals surface area contributed by atoms with Crippen LogP contribution in [0.1, 0.15) is 16.8 Å². The smallest absolute Gasteiger partial charge is 0.305 e. The van der Waals surface area contributed by atoms with Crippen molar-refractivity contribution in [1.29, 1.82) is 0 Å². The summed E-state index contributed by atoms with van der Waals surface area (Å²) in [6.07, 6.45) is 0.948. The molecule has 0 fully saturated rings. The van der Waals surface area contributed by atoms with Crippen molar-refractivity contribution < 1.29 is 19.1 Å². The van der Waals surface area contributed by atoms with Gasteiger partial charge in [-0.05, 0) is 24.3 Å². The minimum absolute atomic E-state index is 0.0234. The first-order valence-corrected chi connectivity index (χ1v) is 6.28. The maximum absolute atomic E-state index is 12.8. The van der Waals surface area contributed by atoms with Gasteiger partial charge in [-0.3, -0.25) is 9.59 Å². The molecule has 1 aromatic heterocycles. The van der Waals surface area contributed by atoms with Crippen LogP contribution < -0.4 is 4.90 Å². The summed E-state index contributed by atoms with van der Waals surface area (Å²) in [5.41, 5.74) is 0.777. The van der Waals surface area contributed by atoms with Crippen LogP contribution in [-0.2, 0) is 4.79 Å². The van der Waals surface area contributed by atoms with E-state index in [1.165, 1.54) is 11.0 Å². The number of amides is 1. The number of anilines is 1. The molecule has 108 valence electrons. The fraction of sp³-hybridized carbons (Fsp3) is 0.133. The first-order valence-electron chi connectivity index (χ1n) is 6.28. The Morgan fingerprint density at radius 1 is 1.14 bits per heavy atom. The van der Waals surface area contributed by atoms with Crippen LogP contribution >= 0.6 is 0 Å². The zero-order chi connectivity index (χ0) is 15.2. The molecule has 0 aliphatic rings. The normalized spacial score (nSPS) is 10.1. The van der Waals surface area contributed by atoms with E-state index in [0.29, 0.717) is 5.69 Å². The first kappa shape index (κ1) is 14.6. The predicted molar refractivity (Wildman–Crippen MR) is 74.6 cm³/mol. The third-order valence-corrected chi connectivity index (χ3v) is 2.84. The molecule has 0 bridgehead atoms. The molecule has 21 heavy (non-hydrogen) atoms. The molecule has 0 unspecified atom stereocenters. The highest BCUT2D eigenvalue weighted by Crippen LogP contribution is 2.17. The highest BCUT2D eigenvalue weighted by molar-refractivity contribution is 6.06. The van der Waals surface area contributed by atoms with Gasteiger partial charge in [-0.25, -0.2) is 4.98 Å². The number of rotatable bonds is 5. The zero-order valence-corrected chi connectivity index (χ0v) is 11.1. The lowest BCUT2D eigenvalue weighted by Crippen LogP contribution is -2.33. The Morgan fingerprint density at radius 2 is 1.86 bits per heavy atom. The van der Waals surface area contributed by atoms with Crippen LogP contribution in [0.4, 0.5) is 10.1 Å². The number of carbonyl (C=O) groups excluding carboxylic acids is 1. The van der Waals surface area contributed by atoms with Crippen LogP contribution in [0.15, 0.2) is 48.7 Å². The van der Waals surface area contributed by atoms with Crippen LogP contribution in [-0.4, -0.2) is 28.5 Å². The number of hydrogen-bond acceptors (Lipinski definition) is 3. The molecule has 0 aliphatic heterocycles. The Kier molecular flexibility index (Phi) is 4.61. The summed E-state index contributed by atoms with van der Waals surface area (Å²) in [6.45, 7) is 0.0234. The minimum atomic E-state index is -0.999. The number of aromatic nitrogens is 1. The highest BCUT2D eigenvalue weighted by atomic mass is 19.1. The Balaban J connectivity index is 2.28. The number of pyridine rings is 1. The van der Waals surface area contributed by atoms with Crippen LogP contribution in [0.2, 0.25) is 0 Å². The number of aliphatic carboxylic acids is 1. The van der Waals surface area contributed by atoms with E-state index >= 15 is 0 Å². The third kappa shape index (κ3) is 3.85. The lowest BCUT2D eigenvalue weighted by atomic mass is 10.2. The van der Waals surface area contributed by atoms with Gasteiger partial charge in [-0.1, -0.05) is 18.2 Å². The summed E-state index contributed by atoms with van der Waals surface area (Å²) in [7, 11) is 0. The number of carboxylic acids is 1. The van der Waals surface area contributed by atoms with E-state index in [2.05, 4.69) is 4.98 Å². The van der Waals surface area contributed by atoms with Crippen molar-refractivity contribution in [2.24, 2.45) is 0 Å². The molecule has 0 saturated heterocycles. The molecule has 6 heteroatoms. The second-order valence-corrected chi connectivity index (χ2v) is 4.31. The zero-order valence-electron chi connectivity index (χ0n) is 11.1. The summed E-state index contributed by atoms with van der Waals surface area (Å²) in [5, 5.41) is 8.80. The van der Waals surface area contributed by atoms with E-state index in [4.69, 9.17) is 5.11 Å². The van der Waals surface area contributed by atoms with Crippen molar-refractivity contribution in [3.05, 3.63) is 60.2 Å². The average Bonchev–Trinajstić information content (AvgIpc) is 2.49. The van der Waals surface area contributed by atoms with Crippen LogP contribution in [0.5, 0.6) is 0 Å². The monoisotopic (exact) mass is 288 g/mol. The Bertz CT molecular complexity index is 629. The van der Waals surface area contributed by atoms with Crippen LogP contribution in [0.3, 0.4) is 0 Å². The van der Waals surface area contributed by atoms with Crippen molar-refractivity contribution in [3.63, 3.8) is 0 Å². The summed E-state index contributed by atoms with van der Waals surface area (Å²) >= 11 is 0. The molecule has 0 radical (unpaired) electrons. The maximum Gasteiger partial charge on any atom is 0.305 e. The molecule has 0 atom stereocenters. The maximum atomic E-state index is 12.8. The van der Waals surface area contributed by atoms with Gasteiger partial charge in [0.1, 0.15) is 0 Å². The molecule has 1 amide bonds. The Morgan fingerprint density at radius 3 is 2.43 bits per heavy atom. The molecular weight excluding hydrogens is 275 g/mol. The quantitative estimate of drug-likeness (QED) is 0.857. The fourth-order valence-corrected chi connectivity index (χ4v) is 1.82. The Labute approximate surface area is 120 Å². The number of halogens is 1. The molecule has 1 heterocycles.